The maximum atomic E-state index is 11.0. The number of aromatic carboxylic acids is 1. The molecule has 100 valence electrons. The van der Waals surface area contributed by atoms with Gasteiger partial charge < -0.3 is 10.8 Å². The fourth-order valence-electron chi connectivity index (χ4n) is 1.73. The van der Waals surface area contributed by atoms with Gasteiger partial charge in [-0.3, -0.25) is 0 Å². The molecule has 0 unspecified atom stereocenters. The average Bonchev–Trinajstić information content (AvgIpc) is 2.82. The van der Waals surface area contributed by atoms with Gasteiger partial charge in [-0.25, -0.2) is 9.48 Å². The van der Waals surface area contributed by atoms with Crippen molar-refractivity contribution in [3.05, 3.63) is 41.2 Å². The minimum Gasteiger partial charge on any atom is -0.476 e. The van der Waals surface area contributed by atoms with Crippen molar-refractivity contribution in [2.75, 3.05) is 6.26 Å². The van der Waals surface area contributed by atoms with Crippen LogP contribution in [0.5, 0.6) is 0 Å². The highest BCUT2D eigenvalue weighted by Crippen LogP contribution is 2.16. The van der Waals surface area contributed by atoms with Crippen LogP contribution in [-0.2, 0) is 13.1 Å². The second kappa shape index (κ2) is 5.85. The van der Waals surface area contributed by atoms with Crippen LogP contribution in [0.1, 0.15) is 21.7 Å². The van der Waals surface area contributed by atoms with E-state index in [9.17, 15) is 4.79 Å². The van der Waals surface area contributed by atoms with Crippen LogP contribution in [0, 0.1) is 0 Å². The summed E-state index contributed by atoms with van der Waals surface area (Å²) in [7, 11) is 0. The SMILES string of the molecule is CSc1ccc(Cn2nnc(C(=O)O)c2CN)cc1. The van der Waals surface area contributed by atoms with Crippen LogP contribution in [0.4, 0.5) is 0 Å². The lowest BCUT2D eigenvalue weighted by molar-refractivity contribution is 0.0689. The largest absolute Gasteiger partial charge is 0.476 e. The smallest absolute Gasteiger partial charge is 0.358 e. The van der Waals surface area contributed by atoms with E-state index in [2.05, 4.69) is 10.3 Å². The van der Waals surface area contributed by atoms with Gasteiger partial charge in [0.15, 0.2) is 5.69 Å². The van der Waals surface area contributed by atoms with Crippen molar-refractivity contribution < 1.29 is 9.90 Å². The minimum absolute atomic E-state index is 0.0803. The van der Waals surface area contributed by atoms with Gasteiger partial charge in [-0.2, -0.15) is 0 Å². The monoisotopic (exact) mass is 278 g/mol. The molecule has 19 heavy (non-hydrogen) atoms. The van der Waals surface area contributed by atoms with E-state index >= 15 is 0 Å². The maximum Gasteiger partial charge on any atom is 0.358 e. The third-order valence-corrected chi connectivity index (χ3v) is 3.47. The Hall–Kier alpha value is -1.86. The van der Waals surface area contributed by atoms with Crippen LogP contribution in [-0.4, -0.2) is 32.3 Å². The summed E-state index contributed by atoms with van der Waals surface area (Å²) in [5.41, 5.74) is 6.94. The molecule has 2 rings (SSSR count). The van der Waals surface area contributed by atoms with E-state index in [1.807, 2.05) is 30.5 Å². The van der Waals surface area contributed by atoms with Gasteiger partial charge in [-0.1, -0.05) is 17.3 Å². The van der Waals surface area contributed by atoms with Crippen LogP contribution >= 0.6 is 11.8 Å². The van der Waals surface area contributed by atoms with Gasteiger partial charge in [0.05, 0.1) is 12.2 Å². The van der Waals surface area contributed by atoms with Crippen molar-refractivity contribution in [2.45, 2.75) is 18.0 Å². The molecule has 7 heteroatoms. The number of rotatable bonds is 5. The van der Waals surface area contributed by atoms with Gasteiger partial charge in [-0.15, -0.1) is 16.9 Å². The molecule has 0 aliphatic rings. The number of nitrogens with zero attached hydrogens (tertiary/aromatic N) is 3. The van der Waals surface area contributed by atoms with E-state index in [4.69, 9.17) is 10.8 Å². The Kier molecular flexibility index (Phi) is 4.18. The summed E-state index contributed by atoms with van der Waals surface area (Å²) < 4.78 is 1.53. The van der Waals surface area contributed by atoms with E-state index in [1.165, 1.54) is 9.58 Å². The molecule has 0 fully saturated rings. The molecule has 1 aromatic carbocycles. The first-order chi connectivity index (χ1) is 9.15. The highest BCUT2D eigenvalue weighted by Gasteiger charge is 2.17. The fraction of sp³-hybridized carbons (Fsp3) is 0.250. The van der Waals surface area contributed by atoms with Crippen LogP contribution in [0.15, 0.2) is 29.2 Å². The zero-order chi connectivity index (χ0) is 13.8. The third-order valence-electron chi connectivity index (χ3n) is 2.72. The second-order valence-corrected chi connectivity index (χ2v) is 4.78. The predicted octanol–water partition coefficient (Wildman–Crippen LogP) is 1.21. The first-order valence-electron chi connectivity index (χ1n) is 5.64. The fourth-order valence-corrected chi connectivity index (χ4v) is 2.14. The molecule has 0 bridgehead atoms. The topological polar surface area (TPSA) is 94.0 Å². The lowest BCUT2D eigenvalue weighted by Crippen LogP contribution is -2.13. The first kappa shape index (κ1) is 13.6. The number of carboxylic acids is 1. The summed E-state index contributed by atoms with van der Waals surface area (Å²) in [6.07, 6.45) is 2.01. The van der Waals surface area contributed by atoms with E-state index in [-0.39, 0.29) is 12.2 Å². The number of nitrogens with two attached hydrogens (primary N) is 1. The zero-order valence-corrected chi connectivity index (χ0v) is 11.2. The summed E-state index contributed by atoms with van der Waals surface area (Å²) in [4.78, 5) is 12.1. The lowest BCUT2D eigenvalue weighted by Gasteiger charge is -2.06. The van der Waals surface area contributed by atoms with E-state index < -0.39 is 5.97 Å². The first-order valence-corrected chi connectivity index (χ1v) is 6.87. The molecule has 6 nitrogen and oxygen atoms in total. The minimum atomic E-state index is -1.11. The van der Waals surface area contributed by atoms with Gasteiger partial charge >= 0.3 is 5.97 Å². The number of aromatic nitrogens is 3. The van der Waals surface area contributed by atoms with Crippen LogP contribution < -0.4 is 5.73 Å². The third kappa shape index (κ3) is 2.94. The molecular weight excluding hydrogens is 264 g/mol. The van der Waals surface area contributed by atoms with Crippen molar-refractivity contribution in [3.63, 3.8) is 0 Å². The molecule has 0 aliphatic heterocycles. The van der Waals surface area contributed by atoms with E-state index in [0.29, 0.717) is 12.2 Å². The Labute approximate surface area is 114 Å². The zero-order valence-electron chi connectivity index (χ0n) is 10.4. The van der Waals surface area contributed by atoms with Gasteiger partial charge in [0.2, 0.25) is 0 Å². The second-order valence-electron chi connectivity index (χ2n) is 3.90. The number of carbonyl (C=O) groups is 1. The summed E-state index contributed by atoms with van der Waals surface area (Å²) in [6, 6.07) is 7.98. The molecule has 0 amide bonds. The van der Waals surface area contributed by atoms with Crippen LogP contribution in [0.25, 0.3) is 0 Å². The number of benzene rings is 1. The van der Waals surface area contributed by atoms with Crippen LogP contribution in [0.3, 0.4) is 0 Å². The molecule has 1 aromatic heterocycles. The predicted molar refractivity (Wildman–Crippen MR) is 72.2 cm³/mol. The summed E-state index contributed by atoms with van der Waals surface area (Å²) in [5, 5.41) is 16.5. The van der Waals surface area contributed by atoms with Crippen LogP contribution in [0.2, 0.25) is 0 Å². The maximum absolute atomic E-state index is 11.0. The van der Waals surface area contributed by atoms with Crippen molar-refractivity contribution in [3.8, 4) is 0 Å². The Morgan fingerprint density at radius 1 is 1.42 bits per heavy atom. The van der Waals surface area contributed by atoms with Crippen molar-refractivity contribution in [2.24, 2.45) is 5.73 Å². The molecule has 3 N–H and O–H groups in total. The van der Waals surface area contributed by atoms with Crippen molar-refractivity contribution in [1.29, 1.82) is 0 Å². The number of hydrogen-bond donors (Lipinski definition) is 2. The Balaban J connectivity index is 2.25. The van der Waals surface area contributed by atoms with Gasteiger partial charge in [0.1, 0.15) is 0 Å². The standard InChI is InChI=1S/C12H14N4O2S/c1-19-9-4-2-8(3-5-9)7-16-10(6-13)11(12(17)18)14-15-16/h2-5H,6-7,13H2,1H3,(H,17,18). The Morgan fingerprint density at radius 3 is 2.63 bits per heavy atom. The highest BCUT2D eigenvalue weighted by molar-refractivity contribution is 7.98. The molecule has 2 aromatic rings. The van der Waals surface area contributed by atoms with E-state index in [0.717, 1.165) is 5.56 Å². The highest BCUT2D eigenvalue weighted by atomic mass is 32.2. The summed E-state index contributed by atoms with van der Waals surface area (Å²) in [6.45, 7) is 0.555. The van der Waals surface area contributed by atoms with Crippen molar-refractivity contribution in [1.82, 2.24) is 15.0 Å². The summed E-state index contributed by atoms with van der Waals surface area (Å²) in [5.74, 6) is -1.11. The molecule has 0 spiro atoms. The van der Waals surface area contributed by atoms with Gasteiger partial charge in [-0.05, 0) is 24.0 Å². The number of hydrogen-bond acceptors (Lipinski definition) is 5. The molecular formula is C12H14N4O2S. The molecule has 0 radical (unpaired) electrons. The number of thioether (sulfide) groups is 1. The average molecular weight is 278 g/mol. The molecule has 0 aliphatic carbocycles. The van der Waals surface area contributed by atoms with Gasteiger partial charge in [0.25, 0.3) is 0 Å². The quantitative estimate of drug-likeness (QED) is 0.798. The lowest BCUT2D eigenvalue weighted by atomic mass is 10.2. The molecule has 0 saturated heterocycles. The summed E-state index contributed by atoms with van der Waals surface area (Å²) >= 11 is 1.67. The molecule has 1 heterocycles. The Morgan fingerprint density at radius 2 is 2.11 bits per heavy atom. The normalized spacial score (nSPS) is 10.6. The molecule has 0 saturated carbocycles. The Bertz CT molecular complexity index is 580. The van der Waals surface area contributed by atoms with Gasteiger partial charge in [0, 0.05) is 11.4 Å². The molecule has 0 atom stereocenters. The van der Waals surface area contributed by atoms with E-state index in [1.54, 1.807) is 11.8 Å². The number of carboxylic acid groups (broad SMARTS) is 1. The van der Waals surface area contributed by atoms with Crippen molar-refractivity contribution >= 4 is 17.7 Å².